The van der Waals surface area contributed by atoms with Gasteiger partial charge in [0.15, 0.2) is 0 Å². The van der Waals surface area contributed by atoms with Crippen LogP contribution in [0.1, 0.15) is 31.4 Å². The highest BCUT2D eigenvalue weighted by molar-refractivity contribution is 5.50. The minimum Gasteiger partial charge on any atom is -0.396 e. The normalized spacial score (nSPS) is 19.3. The van der Waals surface area contributed by atoms with Crippen molar-refractivity contribution >= 4 is 5.69 Å². The maximum absolute atomic E-state index is 8.89. The molecule has 2 heterocycles. The first-order chi connectivity index (χ1) is 8.35. The Labute approximate surface area is 102 Å². The van der Waals surface area contributed by atoms with Crippen molar-refractivity contribution in [2.45, 2.75) is 31.7 Å². The number of hydrogen-bond donors (Lipinski definition) is 1. The van der Waals surface area contributed by atoms with E-state index in [-0.39, 0.29) is 6.61 Å². The van der Waals surface area contributed by atoms with Crippen LogP contribution in [0.3, 0.4) is 0 Å². The van der Waals surface area contributed by atoms with Gasteiger partial charge in [0.25, 0.3) is 0 Å². The van der Waals surface area contributed by atoms with E-state index in [0.29, 0.717) is 11.7 Å². The topological polar surface area (TPSA) is 60.2 Å². The van der Waals surface area contributed by atoms with Crippen LogP contribution in [0.2, 0.25) is 0 Å². The van der Waals surface area contributed by atoms with E-state index in [1.54, 1.807) is 6.20 Å². The van der Waals surface area contributed by atoms with Crippen LogP contribution in [-0.4, -0.2) is 29.3 Å². The zero-order valence-corrected chi connectivity index (χ0v) is 9.84. The lowest BCUT2D eigenvalue weighted by Gasteiger charge is -2.26. The summed E-state index contributed by atoms with van der Waals surface area (Å²) >= 11 is 0. The Bertz CT molecular complexity index is 413. The number of hydrogen-bond acceptors (Lipinski definition) is 4. The monoisotopic (exact) mass is 231 g/mol. The molecular weight excluding hydrogens is 214 g/mol. The van der Waals surface area contributed by atoms with E-state index in [9.17, 15) is 0 Å². The van der Waals surface area contributed by atoms with Gasteiger partial charge in [-0.15, -0.1) is 0 Å². The van der Waals surface area contributed by atoms with Crippen LogP contribution in [0.4, 0.5) is 5.69 Å². The van der Waals surface area contributed by atoms with Crippen molar-refractivity contribution in [3.05, 3.63) is 24.0 Å². The third kappa shape index (κ3) is 2.75. The summed E-state index contributed by atoms with van der Waals surface area (Å²) in [5.74, 6) is 0. The van der Waals surface area contributed by atoms with E-state index in [1.165, 1.54) is 12.8 Å². The Morgan fingerprint density at radius 2 is 2.47 bits per heavy atom. The first kappa shape index (κ1) is 11.9. The SMILES string of the molecule is N#Cc1cc(N2CCCC2CCCO)ccn1. The quantitative estimate of drug-likeness (QED) is 0.856. The predicted molar refractivity (Wildman–Crippen MR) is 65.6 cm³/mol. The molecule has 1 aromatic rings. The van der Waals surface area contributed by atoms with Gasteiger partial charge in [-0.1, -0.05) is 0 Å². The lowest BCUT2D eigenvalue weighted by molar-refractivity contribution is 0.279. The maximum Gasteiger partial charge on any atom is 0.142 e. The fourth-order valence-electron chi connectivity index (χ4n) is 2.46. The summed E-state index contributed by atoms with van der Waals surface area (Å²) < 4.78 is 0. The molecule has 1 aliphatic heterocycles. The molecule has 0 radical (unpaired) electrons. The number of pyridine rings is 1. The summed E-state index contributed by atoms with van der Waals surface area (Å²) in [7, 11) is 0. The first-order valence-electron chi connectivity index (χ1n) is 6.09. The minimum atomic E-state index is 0.254. The van der Waals surface area contributed by atoms with E-state index in [4.69, 9.17) is 10.4 Å². The molecule has 0 saturated carbocycles. The highest BCUT2D eigenvalue weighted by Gasteiger charge is 2.24. The van der Waals surface area contributed by atoms with Crippen LogP contribution >= 0.6 is 0 Å². The Hall–Kier alpha value is -1.60. The molecule has 17 heavy (non-hydrogen) atoms. The number of aliphatic hydroxyl groups is 1. The van der Waals surface area contributed by atoms with Gasteiger partial charge in [-0.05, 0) is 37.8 Å². The van der Waals surface area contributed by atoms with Gasteiger partial charge in [-0.3, -0.25) is 0 Å². The fourth-order valence-corrected chi connectivity index (χ4v) is 2.46. The molecule has 0 bridgehead atoms. The summed E-state index contributed by atoms with van der Waals surface area (Å²) in [6, 6.07) is 6.37. The van der Waals surface area contributed by atoms with Gasteiger partial charge in [0.2, 0.25) is 0 Å². The van der Waals surface area contributed by atoms with Crippen molar-refractivity contribution in [1.29, 1.82) is 5.26 Å². The van der Waals surface area contributed by atoms with E-state index in [0.717, 1.165) is 25.1 Å². The average molecular weight is 231 g/mol. The van der Waals surface area contributed by atoms with Crippen LogP contribution in [-0.2, 0) is 0 Å². The zero-order chi connectivity index (χ0) is 12.1. The molecule has 4 heteroatoms. The summed E-state index contributed by atoms with van der Waals surface area (Å²) in [6.45, 7) is 1.29. The molecule has 0 amide bonds. The van der Waals surface area contributed by atoms with Gasteiger partial charge < -0.3 is 10.0 Å². The number of aromatic nitrogens is 1. The van der Waals surface area contributed by atoms with Crippen molar-refractivity contribution in [3.8, 4) is 6.07 Å². The van der Waals surface area contributed by atoms with Gasteiger partial charge in [0, 0.05) is 31.1 Å². The second-order valence-corrected chi connectivity index (χ2v) is 4.37. The van der Waals surface area contributed by atoms with Crippen molar-refractivity contribution in [1.82, 2.24) is 4.98 Å². The van der Waals surface area contributed by atoms with Crippen LogP contribution < -0.4 is 4.90 Å². The van der Waals surface area contributed by atoms with Gasteiger partial charge in [0.1, 0.15) is 11.8 Å². The molecule has 0 spiro atoms. The molecular formula is C13H17N3O. The van der Waals surface area contributed by atoms with Crippen LogP contribution in [0.15, 0.2) is 18.3 Å². The molecule has 90 valence electrons. The van der Waals surface area contributed by atoms with Crippen LogP contribution in [0.5, 0.6) is 0 Å². The molecule has 4 nitrogen and oxygen atoms in total. The summed E-state index contributed by atoms with van der Waals surface area (Å²) in [6.07, 6.45) is 5.90. The zero-order valence-electron chi connectivity index (χ0n) is 9.84. The summed E-state index contributed by atoms with van der Waals surface area (Å²) in [5.41, 5.74) is 1.55. The molecule has 1 fully saturated rings. The number of nitrogens with zero attached hydrogens (tertiary/aromatic N) is 3. The smallest absolute Gasteiger partial charge is 0.142 e. The predicted octanol–water partition coefficient (Wildman–Crippen LogP) is 1.69. The highest BCUT2D eigenvalue weighted by Crippen LogP contribution is 2.27. The molecule has 1 atom stereocenters. The molecule has 0 aromatic carbocycles. The van der Waals surface area contributed by atoms with E-state index >= 15 is 0 Å². The summed E-state index contributed by atoms with van der Waals surface area (Å²) in [4.78, 5) is 6.32. The average Bonchev–Trinajstić information content (AvgIpc) is 2.84. The number of aliphatic hydroxyl groups excluding tert-OH is 1. The molecule has 0 aliphatic carbocycles. The lowest BCUT2D eigenvalue weighted by Crippen LogP contribution is -2.29. The summed E-state index contributed by atoms with van der Waals surface area (Å²) in [5, 5.41) is 17.7. The largest absolute Gasteiger partial charge is 0.396 e. The molecule has 1 aromatic heterocycles. The second kappa shape index (κ2) is 5.65. The lowest BCUT2D eigenvalue weighted by atomic mass is 10.1. The first-order valence-corrected chi connectivity index (χ1v) is 6.09. The van der Waals surface area contributed by atoms with Crippen molar-refractivity contribution in [3.63, 3.8) is 0 Å². The Balaban J connectivity index is 2.12. The van der Waals surface area contributed by atoms with E-state index in [2.05, 4.69) is 16.0 Å². The standard InChI is InChI=1S/C13H17N3O/c14-10-11-9-13(5-6-15-11)16-7-1-3-12(16)4-2-8-17/h5-6,9,12,17H,1-4,7-8H2. The Morgan fingerprint density at radius 1 is 1.59 bits per heavy atom. The van der Waals surface area contributed by atoms with Gasteiger partial charge >= 0.3 is 0 Å². The maximum atomic E-state index is 8.89. The van der Waals surface area contributed by atoms with Crippen molar-refractivity contribution in [2.24, 2.45) is 0 Å². The Morgan fingerprint density at radius 3 is 3.24 bits per heavy atom. The molecule has 1 aliphatic rings. The number of anilines is 1. The van der Waals surface area contributed by atoms with Gasteiger partial charge in [-0.2, -0.15) is 5.26 Å². The van der Waals surface area contributed by atoms with Crippen molar-refractivity contribution < 1.29 is 5.11 Å². The van der Waals surface area contributed by atoms with Crippen LogP contribution in [0, 0.1) is 11.3 Å². The molecule has 1 saturated heterocycles. The fraction of sp³-hybridized carbons (Fsp3) is 0.538. The van der Waals surface area contributed by atoms with Gasteiger partial charge in [-0.25, -0.2) is 4.98 Å². The Kier molecular flexibility index (Phi) is 3.94. The van der Waals surface area contributed by atoms with Gasteiger partial charge in [0.05, 0.1) is 0 Å². The number of nitriles is 1. The van der Waals surface area contributed by atoms with E-state index in [1.807, 2.05) is 12.1 Å². The molecule has 2 rings (SSSR count). The third-order valence-corrected chi connectivity index (χ3v) is 3.26. The highest BCUT2D eigenvalue weighted by atomic mass is 16.2. The van der Waals surface area contributed by atoms with Crippen LogP contribution in [0.25, 0.3) is 0 Å². The van der Waals surface area contributed by atoms with Crippen molar-refractivity contribution in [2.75, 3.05) is 18.1 Å². The van der Waals surface area contributed by atoms with E-state index < -0.39 is 0 Å². The number of rotatable bonds is 4. The second-order valence-electron chi connectivity index (χ2n) is 4.37. The third-order valence-electron chi connectivity index (χ3n) is 3.26. The minimum absolute atomic E-state index is 0.254. The molecule has 1 N–H and O–H groups in total. The molecule has 1 unspecified atom stereocenters.